The molecule has 2 aromatic rings. The van der Waals surface area contributed by atoms with E-state index in [9.17, 15) is 8.78 Å². The molecular formula is C14H14BrF2NOS. The zero-order chi connectivity index (χ0) is 14.7. The summed E-state index contributed by atoms with van der Waals surface area (Å²) in [7, 11) is 1.87. The monoisotopic (exact) mass is 361 g/mol. The summed E-state index contributed by atoms with van der Waals surface area (Å²) in [5.74, 6) is 0.169. The molecule has 0 radical (unpaired) electrons. The molecule has 1 unspecified atom stereocenters. The number of benzene rings is 1. The summed E-state index contributed by atoms with van der Waals surface area (Å²) in [5, 5.41) is 3.24. The summed E-state index contributed by atoms with van der Waals surface area (Å²) in [4.78, 5) is 2.37. The highest BCUT2D eigenvalue weighted by Gasteiger charge is 2.16. The summed E-state index contributed by atoms with van der Waals surface area (Å²) in [6, 6.07) is 8.81. The molecule has 1 heterocycles. The van der Waals surface area contributed by atoms with Gasteiger partial charge in [-0.05, 0) is 53.7 Å². The van der Waals surface area contributed by atoms with Gasteiger partial charge < -0.3 is 10.1 Å². The molecule has 2 rings (SSSR count). The number of alkyl halides is 2. The molecule has 2 nitrogen and oxygen atoms in total. The highest BCUT2D eigenvalue weighted by molar-refractivity contribution is 9.10. The Morgan fingerprint density at radius 2 is 1.90 bits per heavy atom. The van der Waals surface area contributed by atoms with Gasteiger partial charge in [0.1, 0.15) is 5.75 Å². The van der Waals surface area contributed by atoms with Crippen LogP contribution in [-0.4, -0.2) is 13.7 Å². The van der Waals surface area contributed by atoms with Gasteiger partial charge in [0.05, 0.1) is 6.04 Å². The van der Waals surface area contributed by atoms with Gasteiger partial charge in [0, 0.05) is 14.2 Å². The van der Waals surface area contributed by atoms with Crippen molar-refractivity contribution in [2.75, 3.05) is 7.05 Å². The number of ether oxygens (including phenoxy) is 1. The number of rotatable bonds is 5. The van der Waals surface area contributed by atoms with Crippen molar-refractivity contribution in [2.24, 2.45) is 0 Å². The summed E-state index contributed by atoms with van der Waals surface area (Å²) >= 11 is 5.20. The van der Waals surface area contributed by atoms with Gasteiger partial charge >= 0.3 is 6.61 Å². The number of nitrogens with one attached hydrogen (secondary N) is 1. The fourth-order valence-corrected chi connectivity index (χ4v) is 3.64. The Hall–Kier alpha value is -0.980. The summed E-state index contributed by atoms with van der Waals surface area (Å²) in [6.45, 7) is -0.748. The number of aryl methyl sites for hydroxylation is 1. The highest BCUT2D eigenvalue weighted by atomic mass is 79.9. The van der Waals surface area contributed by atoms with Crippen LogP contribution in [0.1, 0.15) is 21.4 Å². The quantitative estimate of drug-likeness (QED) is 0.830. The van der Waals surface area contributed by atoms with E-state index in [0.717, 1.165) is 10.0 Å². The Bertz CT molecular complexity index is 552. The lowest BCUT2D eigenvalue weighted by Crippen LogP contribution is -2.16. The molecule has 0 aliphatic carbocycles. The van der Waals surface area contributed by atoms with Crippen molar-refractivity contribution >= 4 is 27.3 Å². The zero-order valence-electron chi connectivity index (χ0n) is 11.0. The minimum absolute atomic E-state index is 0.0330. The molecule has 6 heteroatoms. The van der Waals surface area contributed by atoms with Crippen LogP contribution in [0.5, 0.6) is 5.75 Å². The van der Waals surface area contributed by atoms with Crippen molar-refractivity contribution in [1.82, 2.24) is 5.32 Å². The van der Waals surface area contributed by atoms with E-state index in [4.69, 9.17) is 0 Å². The first kappa shape index (κ1) is 15.4. The number of hydrogen-bond acceptors (Lipinski definition) is 3. The third-order valence-corrected chi connectivity index (χ3v) is 5.09. The van der Waals surface area contributed by atoms with Gasteiger partial charge in [0.2, 0.25) is 0 Å². The zero-order valence-corrected chi connectivity index (χ0v) is 13.4. The first-order chi connectivity index (χ1) is 9.51. The number of hydrogen-bond donors (Lipinski definition) is 1. The first-order valence-electron chi connectivity index (χ1n) is 5.99. The largest absolute Gasteiger partial charge is 0.435 e. The van der Waals surface area contributed by atoms with Crippen LogP contribution < -0.4 is 10.1 Å². The molecule has 0 aliphatic rings. The van der Waals surface area contributed by atoms with Gasteiger partial charge in [-0.1, -0.05) is 12.1 Å². The van der Waals surface area contributed by atoms with E-state index in [-0.39, 0.29) is 11.8 Å². The Kier molecular flexibility index (Phi) is 5.12. The van der Waals surface area contributed by atoms with Crippen LogP contribution in [0.3, 0.4) is 0 Å². The minimum Gasteiger partial charge on any atom is -0.435 e. The second-order valence-corrected chi connectivity index (χ2v) is 6.36. The van der Waals surface area contributed by atoms with Gasteiger partial charge in [0.15, 0.2) is 0 Å². The van der Waals surface area contributed by atoms with Crippen molar-refractivity contribution in [3.05, 3.63) is 50.1 Å². The SMILES string of the molecule is CNC(c1ccc(OC(F)F)cc1)c1cc(Br)c(C)s1. The average molecular weight is 362 g/mol. The lowest BCUT2D eigenvalue weighted by atomic mass is 10.1. The molecule has 0 bridgehead atoms. The van der Waals surface area contributed by atoms with E-state index < -0.39 is 6.61 Å². The van der Waals surface area contributed by atoms with Crippen LogP contribution in [0.2, 0.25) is 0 Å². The Balaban J connectivity index is 2.23. The van der Waals surface area contributed by atoms with Crippen molar-refractivity contribution in [3.63, 3.8) is 0 Å². The van der Waals surface area contributed by atoms with Crippen LogP contribution in [0.25, 0.3) is 0 Å². The summed E-state index contributed by atoms with van der Waals surface area (Å²) < 4.78 is 29.7. The second kappa shape index (κ2) is 6.65. The molecule has 1 aromatic heterocycles. The molecule has 0 saturated carbocycles. The maximum absolute atomic E-state index is 12.1. The average Bonchev–Trinajstić information content (AvgIpc) is 2.72. The standard InChI is InChI=1S/C14H14BrF2NOS/c1-8-11(15)7-12(20-8)13(18-2)9-3-5-10(6-4-9)19-14(16)17/h3-7,13-14,18H,1-2H3. The van der Waals surface area contributed by atoms with Gasteiger partial charge in [-0.15, -0.1) is 11.3 Å². The van der Waals surface area contributed by atoms with Crippen LogP contribution in [0.4, 0.5) is 8.78 Å². The fourth-order valence-electron chi connectivity index (χ4n) is 1.94. The molecule has 0 saturated heterocycles. The molecule has 1 aromatic carbocycles. The van der Waals surface area contributed by atoms with E-state index in [1.165, 1.54) is 9.75 Å². The third kappa shape index (κ3) is 3.56. The predicted molar refractivity (Wildman–Crippen MR) is 80.7 cm³/mol. The van der Waals surface area contributed by atoms with E-state index in [0.29, 0.717) is 0 Å². The van der Waals surface area contributed by atoms with Gasteiger partial charge in [-0.2, -0.15) is 8.78 Å². The fraction of sp³-hybridized carbons (Fsp3) is 0.286. The van der Waals surface area contributed by atoms with Crippen molar-refractivity contribution < 1.29 is 13.5 Å². The molecule has 20 heavy (non-hydrogen) atoms. The van der Waals surface area contributed by atoms with E-state index in [2.05, 4.69) is 32.0 Å². The molecule has 108 valence electrons. The number of thiophene rings is 1. The Morgan fingerprint density at radius 1 is 1.25 bits per heavy atom. The maximum atomic E-state index is 12.1. The minimum atomic E-state index is -2.79. The van der Waals surface area contributed by atoms with Crippen LogP contribution in [-0.2, 0) is 0 Å². The Labute approximate surface area is 128 Å². The summed E-state index contributed by atoms with van der Waals surface area (Å²) in [6.07, 6.45) is 0. The van der Waals surface area contributed by atoms with E-state index >= 15 is 0 Å². The van der Waals surface area contributed by atoms with Crippen molar-refractivity contribution in [2.45, 2.75) is 19.6 Å². The van der Waals surface area contributed by atoms with E-state index in [1.54, 1.807) is 35.6 Å². The van der Waals surface area contributed by atoms with E-state index in [1.807, 2.05) is 14.0 Å². The molecule has 0 spiro atoms. The van der Waals surface area contributed by atoms with Crippen LogP contribution in [0.15, 0.2) is 34.8 Å². The van der Waals surface area contributed by atoms with Gasteiger partial charge in [-0.25, -0.2) is 0 Å². The first-order valence-corrected chi connectivity index (χ1v) is 7.60. The molecule has 0 amide bonds. The van der Waals surface area contributed by atoms with Gasteiger partial charge in [-0.3, -0.25) is 0 Å². The normalized spacial score (nSPS) is 12.7. The molecule has 0 fully saturated rings. The third-order valence-electron chi connectivity index (χ3n) is 2.89. The molecule has 0 aliphatic heterocycles. The maximum Gasteiger partial charge on any atom is 0.387 e. The molecule has 1 N–H and O–H groups in total. The second-order valence-electron chi connectivity index (χ2n) is 4.22. The Morgan fingerprint density at radius 3 is 2.35 bits per heavy atom. The topological polar surface area (TPSA) is 21.3 Å². The highest BCUT2D eigenvalue weighted by Crippen LogP contribution is 2.34. The lowest BCUT2D eigenvalue weighted by molar-refractivity contribution is -0.0498. The number of halogens is 3. The van der Waals surface area contributed by atoms with Crippen molar-refractivity contribution in [1.29, 1.82) is 0 Å². The van der Waals surface area contributed by atoms with Crippen LogP contribution >= 0.6 is 27.3 Å². The summed E-state index contributed by atoms with van der Waals surface area (Å²) in [5.41, 5.74) is 1.00. The van der Waals surface area contributed by atoms with Gasteiger partial charge in [0.25, 0.3) is 0 Å². The molecule has 1 atom stereocenters. The smallest absolute Gasteiger partial charge is 0.387 e. The predicted octanol–water partition coefficient (Wildman–Crippen LogP) is 4.73. The van der Waals surface area contributed by atoms with Crippen molar-refractivity contribution in [3.8, 4) is 5.75 Å². The molecular weight excluding hydrogens is 348 g/mol. The lowest BCUT2D eigenvalue weighted by Gasteiger charge is -2.15. The van der Waals surface area contributed by atoms with Crippen LogP contribution in [0, 0.1) is 6.92 Å².